The lowest BCUT2D eigenvalue weighted by atomic mass is 10.0. The van der Waals surface area contributed by atoms with Crippen LogP contribution in [0.1, 0.15) is 36.0 Å². The summed E-state index contributed by atoms with van der Waals surface area (Å²) in [6, 6.07) is 8.63. The van der Waals surface area contributed by atoms with Crippen molar-refractivity contribution in [3.63, 3.8) is 0 Å². The van der Waals surface area contributed by atoms with Crippen LogP contribution in [0, 0.1) is 0 Å². The van der Waals surface area contributed by atoms with Crippen LogP contribution in [0.3, 0.4) is 0 Å². The predicted molar refractivity (Wildman–Crippen MR) is 82.9 cm³/mol. The van der Waals surface area contributed by atoms with E-state index >= 15 is 0 Å². The number of rotatable bonds is 3. The van der Waals surface area contributed by atoms with Gasteiger partial charge in [0.25, 0.3) is 5.91 Å². The van der Waals surface area contributed by atoms with Crippen LogP contribution in [0.2, 0.25) is 0 Å². The van der Waals surface area contributed by atoms with E-state index in [0.29, 0.717) is 23.8 Å². The summed E-state index contributed by atoms with van der Waals surface area (Å²) >= 11 is 0. The van der Waals surface area contributed by atoms with Gasteiger partial charge in [0.1, 0.15) is 11.1 Å². The van der Waals surface area contributed by atoms with Crippen molar-refractivity contribution in [1.29, 1.82) is 0 Å². The summed E-state index contributed by atoms with van der Waals surface area (Å²) in [6.07, 6.45) is 3.32. The van der Waals surface area contributed by atoms with Crippen LogP contribution in [-0.4, -0.2) is 35.1 Å². The molecule has 1 saturated carbocycles. The number of carbonyl (C=O) groups excluding carboxylic acids is 1. The molecule has 0 bridgehead atoms. The molecule has 116 valence electrons. The molecule has 1 aromatic carbocycles. The van der Waals surface area contributed by atoms with Crippen LogP contribution in [0.4, 0.5) is 0 Å². The number of benzene rings is 1. The lowest BCUT2D eigenvalue weighted by Crippen LogP contribution is -2.43. The number of para-hydroxylation sites is 1. The fraction of sp³-hybridized carbons (Fsp3) is 0.412. The highest BCUT2D eigenvalue weighted by molar-refractivity contribution is 5.96. The smallest absolute Gasteiger partial charge is 0.349 e. The first-order chi connectivity index (χ1) is 10.5. The maximum atomic E-state index is 12.5. The molecular weight excluding hydrogens is 282 g/mol. The fourth-order valence-electron chi connectivity index (χ4n) is 3.12. The molecule has 1 fully saturated rings. The molecule has 5 heteroatoms. The normalized spacial score (nSPS) is 16.8. The van der Waals surface area contributed by atoms with E-state index in [2.05, 4.69) is 0 Å². The molecule has 1 amide bonds. The highest BCUT2D eigenvalue weighted by atomic mass is 16.4. The van der Waals surface area contributed by atoms with Gasteiger partial charge < -0.3 is 14.4 Å². The minimum absolute atomic E-state index is 0.00259. The third-order valence-corrected chi connectivity index (χ3v) is 4.28. The molecule has 1 aliphatic carbocycles. The zero-order chi connectivity index (χ0) is 15.7. The number of fused-ring (bicyclic) bond motifs is 1. The van der Waals surface area contributed by atoms with E-state index in [4.69, 9.17) is 4.42 Å². The Bertz CT molecular complexity index is 759. The Morgan fingerprint density at radius 1 is 1.32 bits per heavy atom. The zero-order valence-corrected chi connectivity index (χ0v) is 12.5. The summed E-state index contributed by atoms with van der Waals surface area (Å²) in [5.74, 6) is -0.417. The molecule has 1 N–H and O–H groups in total. The fourth-order valence-corrected chi connectivity index (χ4v) is 3.12. The average Bonchev–Trinajstić information content (AvgIpc) is 2.92. The van der Waals surface area contributed by atoms with Crippen LogP contribution >= 0.6 is 0 Å². The van der Waals surface area contributed by atoms with E-state index in [0.717, 1.165) is 12.8 Å². The first-order valence-electron chi connectivity index (χ1n) is 7.49. The molecule has 1 aromatic heterocycles. The van der Waals surface area contributed by atoms with Gasteiger partial charge in [-0.15, -0.1) is 0 Å². The number of amides is 1. The van der Waals surface area contributed by atoms with E-state index < -0.39 is 17.1 Å². The Balaban J connectivity index is 1.88. The molecular formula is C17H19NO4. The van der Waals surface area contributed by atoms with Gasteiger partial charge in [0.2, 0.25) is 0 Å². The summed E-state index contributed by atoms with van der Waals surface area (Å²) in [5, 5.41) is 11.1. The van der Waals surface area contributed by atoms with Gasteiger partial charge in [-0.25, -0.2) is 4.79 Å². The van der Waals surface area contributed by atoms with Crippen molar-refractivity contribution in [2.75, 3.05) is 13.6 Å². The molecule has 0 aliphatic heterocycles. The van der Waals surface area contributed by atoms with Crippen LogP contribution < -0.4 is 5.63 Å². The summed E-state index contributed by atoms with van der Waals surface area (Å²) in [5.41, 5.74) is -1.01. The van der Waals surface area contributed by atoms with Crippen molar-refractivity contribution in [2.24, 2.45) is 0 Å². The molecule has 0 saturated heterocycles. The molecule has 3 rings (SSSR count). The van der Waals surface area contributed by atoms with Gasteiger partial charge in [-0.05, 0) is 25.0 Å². The Morgan fingerprint density at radius 2 is 2.00 bits per heavy atom. The molecule has 0 atom stereocenters. The largest absolute Gasteiger partial charge is 0.422 e. The van der Waals surface area contributed by atoms with Gasteiger partial charge in [-0.3, -0.25) is 4.79 Å². The lowest BCUT2D eigenvalue weighted by molar-refractivity contribution is 0.0155. The second-order valence-corrected chi connectivity index (χ2v) is 6.08. The Hall–Kier alpha value is -2.14. The van der Waals surface area contributed by atoms with Gasteiger partial charge in [-0.2, -0.15) is 0 Å². The van der Waals surface area contributed by atoms with Crippen molar-refractivity contribution < 1.29 is 14.3 Å². The maximum Gasteiger partial charge on any atom is 0.349 e. The highest BCUT2D eigenvalue weighted by Gasteiger charge is 2.34. The van der Waals surface area contributed by atoms with Crippen LogP contribution in [0.25, 0.3) is 11.0 Å². The molecule has 0 unspecified atom stereocenters. The SMILES string of the molecule is CN(CC1(O)CCCC1)C(=O)c1cc2ccccc2oc1=O. The van der Waals surface area contributed by atoms with Crippen molar-refractivity contribution >= 4 is 16.9 Å². The lowest BCUT2D eigenvalue weighted by Gasteiger charge is -2.28. The third kappa shape index (κ3) is 2.76. The van der Waals surface area contributed by atoms with E-state index in [-0.39, 0.29) is 12.1 Å². The third-order valence-electron chi connectivity index (χ3n) is 4.28. The predicted octanol–water partition coefficient (Wildman–Crippen LogP) is 2.17. The minimum Gasteiger partial charge on any atom is -0.422 e. The van der Waals surface area contributed by atoms with Crippen molar-refractivity contribution in [3.8, 4) is 0 Å². The molecule has 5 nitrogen and oxygen atoms in total. The van der Waals surface area contributed by atoms with Gasteiger partial charge in [-0.1, -0.05) is 31.0 Å². The van der Waals surface area contributed by atoms with E-state index in [1.54, 1.807) is 31.3 Å². The van der Waals surface area contributed by atoms with E-state index in [9.17, 15) is 14.7 Å². The molecule has 1 heterocycles. The van der Waals surface area contributed by atoms with Gasteiger partial charge in [0.05, 0.1) is 5.60 Å². The number of likely N-dealkylation sites (N-methyl/N-ethyl adjacent to an activating group) is 1. The van der Waals surface area contributed by atoms with Crippen LogP contribution in [0.15, 0.2) is 39.5 Å². The van der Waals surface area contributed by atoms with Gasteiger partial charge in [0, 0.05) is 19.0 Å². The second-order valence-electron chi connectivity index (χ2n) is 6.08. The number of carbonyl (C=O) groups is 1. The van der Waals surface area contributed by atoms with Crippen molar-refractivity contribution in [1.82, 2.24) is 4.90 Å². The zero-order valence-electron chi connectivity index (χ0n) is 12.5. The summed E-state index contributed by atoms with van der Waals surface area (Å²) in [6.45, 7) is 0.234. The highest BCUT2D eigenvalue weighted by Crippen LogP contribution is 2.30. The quantitative estimate of drug-likeness (QED) is 0.882. The summed E-state index contributed by atoms with van der Waals surface area (Å²) < 4.78 is 5.19. The maximum absolute atomic E-state index is 12.5. The topological polar surface area (TPSA) is 70.8 Å². The van der Waals surface area contributed by atoms with Crippen molar-refractivity contribution in [2.45, 2.75) is 31.3 Å². The Kier molecular flexibility index (Phi) is 3.74. The Morgan fingerprint density at radius 3 is 2.73 bits per heavy atom. The van der Waals surface area contributed by atoms with Crippen LogP contribution in [-0.2, 0) is 0 Å². The standard InChI is InChI=1S/C17H19NO4/c1-18(11-17(21)8-4-5-9-17)15(19)13-10-12-6-2-3-7-14(12)22-16(13)20/h2-3,6-7,10,21H,4-5,8-9,11H2,1H3. The van der Waals surface area contributed by atoms with E-state index in [1.807, 2.05) is 6.07 Å². The Labute approximate surface area is 128 Å². The van der Waals surface area contributed by atoms with E-state index in [1.165, 1.54) is 4.90 Å². The number of nitrogens with zero attached hydrogens (tertiary/aromatic N) is 1. The molecule has 0 spiro atoms. The monoisotopic (exact) mass is 301 g/mol. The van der Waals surface area contributed by atoms with Gasteiger partial charge >= 0.3 is 5.63 Å². The number of hydrogen-bond donors (Lipinski definition) is 1. The molecule has 22 heavy (non-hydrogen) atoms. The minimum atomic E-state index is -0.832. The summed E-state index contributed by atoms with van der Waals surface area (Å²) in [7, 11) is 1.60. The molecule has 0 radical (unpaired) electrons. The molecule has 2 aromatic rings. The number of hydrogen-bond acceptors (Lipinski definition) is 4. The van der Waals surface area contributed by atoms with Gasteiger partial charge in [0.15, 0.2) is 0 Å². The number of aliphatic hydroxyl groups is 1. The first kappa shape index (κ1) is 14.8. The first-order valence-corrected chi connectivity index (χ1v) is 7.49. The average molecular weight is 301 g/mol. The van der Waals surface area contributed by atoms with Crippen LogP contribution in [0.5, 0.6) is 0 Å². The molecule has 1 aliphatic rings. The second kappa shape index (κ2) is 5.57. The summed E-state index contributed by atoms with van der Waals surface area (Å²) in [4.78, 5) is 25.9. The van der Waals surface area contributed by atoms with Crippen molar-refractivity contribution in [3.05, 3.63) is 46.3 Å².